The lowest BCUT2D eigenvalue weighted by Crippen LogP contribution is -2.27. The highest BCUT2D eigenvalue weighted by Crippen LogP contribution is 2.38. The largest absolute Gasteiger partial charge is 0.457 e. The van der Waals surface area contributed by atoms with Crippen molar-refractivity contribution < 1.29 is 14.1 Å². The molecule has 1 aliphatic rings. The van der Waals surface area contributed by atoms with Crippen molar-refractivity contribution in [3.05, 3.63) is 79.8 Å². The molecule has 2 heterocycles. The van der Waals surface area contributed by atoms with Crippen molar-refractivity contribution in [1.82, 2.24) is 0 Å². The Bertz CT molecular complexity index is 1250. The SMILES string of the molecule is CSc1cccc(N2C(=O)/C(=C\c3ccc(-c4ccc([N+](=O)[O-])cc4Br)o3)SC2=S)c1. The molecule has 0 saturated carbocycles. The molecular weight excluding hydrogens is 520 g/mol. The van der Waals surface area contributed by atoms with Gasteiger partial charge >= 0.3 is 0 Å². The third-order valence-electron chi connectivity index (χ3n) is 4.43. The fourth-order valence-electron chi connectivity index (χ4n) is 2.96. The predicted molar refractivity (Wildman–Crippen MR) is 132 cm³/mol. The summed E-state index contributed by atoms with van der Waals surface area (Å²) in [6.45, 7) is 0. The number of hydrogen-bond donors (Lipinski definition) is 0. The molecule has 1 aromatic heterocycles. The van der Waals surface area contributed by atoms with Gasteiger partial charge in [0, 0.05) is 33.1 Å². The van der Waals surface area contributed by atoms with Crippen LogP contribution >= 0.6 is 51.7 Å². The summed E-state index contributed by atoms with van der Waals surface area (Å²) in [7, 11) is 0. The highest BCUT2D eigenvalue weighted by atomic mass is 79.9. The maximum atomic E-state index is 13.0. The number of nitrogens with zero attached hydrogens (tertiary/aromatic N) is 2. The predicted octanol–water partition coefficient (Wildman–Crippen LogP) is 6.75. The third kappa shape index (κ3) is 4.47. The zero-order chi connectivity index (χ0) is 22.1. The highest BCUT2D eigenvalue weighted by molar-refractivity contribution is 9.10. The van der Waals surface area contributed by atoms with Gasteiger partial charge in [-0.05, 0) is 58.6 Å². The average molecular weight is 533 g/mol. The number of benzene rings is 2. The summed E-state index contributed by atoms with van der Waals surface area (Å²) in [5.74, 6) is 0.803. The normalized spacial score (nSPS) is 15.2. The van der Waals surface area contributed by atoms with Crippen LogP contribution < -0.4 is 4.90 Å². The van der Waals surface area contributed by atoms with E-state index >= 15 is 0 Å². The number of furan rings is 1. The molecule has 1 fully saturated rings. The van der Waals surface area contributed by atoms with Crippen molar-refractivity contribution >= 4 is 79.4 Å². The summed E-state index contributed by atoms with van der Waals surface area (Å²) in [5.41, 5.74) is 1.39. The minimum atomic E-state index is -0.459. The number of carbonyl (C=O) groups is 1. The average Bonchev–Trinajstić information content (AvgIpc) is 3.32. The van der Waals surface area contributed by atoms with E-state index in [0.717, 1.165) is 10.6 Å². The van der Waals surface area contributed by atoms with Gasteiger partial charge in [0.2, 0.25) is 0 Å². The van der Waals surface area contributed by atoms with E-state index < -0.39 is 4.92 Å². The van der Waals surface area contributed by atoms with Gasteiger partial charge in [-0.2, -0.15) is 0 Å². The molecule has 1 saturated heterocycles. The van der Waals surface area contributed by atoms with E-state index in [1.807, 2.05) is 30.5 Å². The van der Waals surface area contributed by atoms with E-state index in [2.05, 4.69) is 15.9 Å². The molecular formula is C21H13BrN2O4S3. The Morgan fingerprint density at radius 3 is 2.74 bits per heavy atom. The van der Waals surface area contributed by atoms with Gasteiger partial charge < -0.3 is 4.42 Å². The second kappa shape index (κ2) is 8.99. The minimum absolute atomic E-state index is 0.0170. The number of amides is 1. The highest BCUT2D eigenvalue weighted by Gasteiger charge is 2.33. The molecule has 0 atom stereocenters. The summed E-state index contributed by atoms with van der Waals surface area (Å²) < 4.78 is 6.87. The number of nitro benzene ring substituents is 1. The van der Waals surface area contributed by atoms with E-state index in [-0.39, 0.29) is 11.6 Å². The summed E-state index contributed by atoms with van der Waals surface area (Å²) in [6.07, 6.45) is 3.63. The fourth-order valence-corrected chi connectivity index (χ4v) is 5.26. The Hall–Kier alpha value is -2.40. The van der Waals surface area contributed by atoms with Crippen LogP contribution in [0, 0.1) is 10.1 Å². The second-order valence-corrected chi connectivity index (χ2v) is 9.75. The Kier molecular flexibility index (Phi) is 6.33. The molecule has 10 heteroatoms. The van der Waals surface area contributed by atoms with E-state index in [0.29, 0.717) is 30.8 Å². The number of non-ortho nitro benzene ring substituents is 1. The van der Waals surface area contributed by atoms with Gasteiger partial charge in [-0.1, -0.05) is 30.0 Å². The summed E-state index contributed by atoms with van der Waals surface area (Å²) in [5, 5.41) is 10.9. The molecule has 1 aliphatic heterocycles. The van der Waals surface area contributed by atoms with E-state index in [1.54, 1.807) is 36.0 Å². The molecule has 3 aromatic rings. The lowest BCUT2D eigenvalue weighted by molar-refractivity contribution is -0.384. The van der Waals surface area contributed by atoms with Crippen molar-refractivity contribution in [2.75, 3.05) is 11.2 Å². The van der Waals surface area contributed by atoms with Gasteiger partial charge in [-0.25, -0.2) is 0 Å². The van der Waals surface area contributed by atoms with Crippen molar-refractivity contribution in [2.24, 2.45) is 0 Å². The molecule has 0 unspecified atom stereocenters. The first kappa shape index (κ1) is 21.8. The van der Waals surface area contributed by atoms with Gasteiger partial charge in [0.05, 0.1) is 15.5 Å². The lowest BCUT2D eigenvalue weighted by Gasteiger charge is -2.15. The van der Waals surface area contributed by atoms with Crippen LogP contribution in [0.4, 0.5) is 11.4 Å². The monoisotopic (exact) mass is 532 g/mol. The van der Waals surface area contributed by atoms with Crippen LogP contribution in [-0.2, 0) is 4.79 Å². The smallest absolute Gasteiger partial charge is 0.270 e. The molecule has 0 spiro atoms. The van der Waals surface area contributed by atoms with Crippen molar-refractivity contribution in [2.45, 2.75) is 4.90 Å². The van der Waals surface area contributed by atoms with E-state index in [4.69, 9.17) is 16.6 Å². The molecule has 2 aromatic carbocycles. The molecule has 31 heavy (non-hydrogen) atoms. The second-order valence-electron chi connectivity index (χ2n) is 6.34. The lowest BCUT2D eigenvalue weighted by atomic mass is 10.1. The van der Waals surface area contributed by atoms with Gasteiger partial charge in [0.1, 0.15) is 11.5 Å². The number of rotatable bonds is 5. The summed E-state index contributed by atoms with van der Waals surface area (Å²) in [6, 6.07) is 15.6. The molecule has 0 bridgehead atoms. The van der Waals surface area contributed by atoms with Crippen molar-refractivity contribution in [3.8, 4) is 11.3 Å². The van der Waals surface area contributed by atoms with Crippen LogP contribution in [0.3, 0.4) is 0 Å². The van der Waals surface area contributed by atoms with Crippen LogP contribution in [0.5, 0.6) is 0 Å². The molecule has 0 N–H and O–H groups in total. The Labute approximate surface area is 200 Å². The maximum Gasteiger partial charge on any atom is 0.270 e. The molecule has 6 nitrogen and oxygen atoms in total. The maximum absolute atomic E-state index is 13.0. The Morgan fingerprint density at radius 1 is 1.23 bits per heavy atom. The molecule has 156 valence electrons. The first-order chi connectivity index (χ1) is 14.9. The van der Waals surface area contributed by atoms with Gasteiger partial charge in [-0.3, -0.25) is 19.8 Å². The standard InChI is InChI=1S/C21H13BrN2O4S3/c1-30-15-4-2-3-12(9-15)23-20(25)19(31-21(23)29)11-14-6-8-18(28-14)16-7-5-13(24(26)27)10-17(16)22/h2-11H,1H3/b19-11+. The minimum Gasteiger partial charge on any atom is -0.457 e. The van der Waals surface area contributed by atoms with Gasteiger partial charge in [0.25, 0.3) is 11.6 Å². The first-order valence-electron chi connectivity index (χ1n) is 8.83. The van der Waals surface area contributed by atoms with Crippen LogP contribution in [-0.4, -0.2) is 21.4 Å². The Balaban J connectivity index is 1.60. The molecule has 4 rings (SSSR count). The molecule has 0 aliphatic carbocycles. The Morgan fingerprint density at radius 2 is 2.03 bits per heavy atom. The van der Waals surface area contributed by atoms with Crippen LogP contribution in [0.1, 0.15) is 5.76 Å². The molecule has 1 amide bonds. The zero-order valence-electron chi connectivity index (χ0n) is 15.9. The number of thiocarbonyl (C=S) groups is 1. The van der Waals surface area contributed by atoms with Crippen LogP contribution in [0.25, 0.3) is 17.4 Å². The number of hydrogen-bond acceptors (Lipinski definition) is 7. The summed E-state index contributed by atoms with van der Waals surface area (Å²) in [4.78, 5) is 26.5. The number of thioether (sulfide) groups is 2. The van der Waals surface area contributed by atoms with E-state index in [1.165, 1.54) is 28.8 Å². The fraction of sp³-hybridized carbons (Fsp3) is 0.0476. The van der Waals surface area contributed by atoms with Gasteiger partial charge in [-0.15, -0.1) is 11.8 Å². The van der Waals surface area contributed by atoms with Crippen molar-refractivity contribution in [1.29, 1.82) is 0 Å². The summed E-state index contributed by atoms with van der Waals surface area (Å²) >= 11 is 11.6. The first-order valence-corrected chi connectivity index (χ1v) is 12.1. The number of halogens is 1. The third-order valence-corrected chi connectivity index (χ3v) is 7.12. The van der Waals surface area contributed by atoms with Gasteiger partial charge in [0.15, 0.2) is 4.32 Å². The van der Waals surface area contributed by atoms with Crippen LogP contribution in [0.2, 0.25) is 0 Å². The number of nitro groups is 1. The quantitative estimate of drug-likeness (QED) is 0.118. The zero-order valence-corrected chi connectivity index (χ0v) is 19.9. The van der Waals surface area contributed by atoms with Crippen molar-refractivity contribution in [3.63, 3.8) is 0 Å². The number of carbonyl (C=O) groups excluding carboxylic acids is 1. The number of anilines is 1. The molecule has 0 radical (unpaired) electrons. The van der Waals surface area contributed by atoms with Crippen LogP contribution in [0.15, 0.2) is 73.3 Å². The topological polar surface area (TPSA) is 76.6 Å². The van der Waals surface area contributed by atoms with E-state index in [9.17, 15) is 14.9 Å².